The van der Waals surface area contributed by atoms with E-state index in [1.807, 2.05) is 0 Å². The van der Waals surface area contributed by atoms with Gasteiger partial charge >= 0.3 is 47.7 Å². The van der Waals surface area contributed by atoms with Gasteiger partial charge in [0.2, 0.25) is 0 Å². The van der Waals surface area contributed by atoms with Crippen LogP contribution in [0.5, 0.6) is 0 Å². The molecule has 3 heteroatoms. The quantitative estimate of drug-likeness (QED) is 0.531. The average molecular weight is 169 g/mol. The predicted octanol–water partition coefficient (Wildman–Crippen LogP) is 0.401. The van der Waals surface area contributed by atoms with Crippen LogP contribution >= 0.6 is 0 Å². The van der Waals surface area contributed by atoms with E-state index in [9.17, 15) is 4.79 Å². The van der Waals surface area contributed by atoms with Crippen LogP contribution in [0.3, 0.4) is 0 Å². The van der Waals surface area contributed by atoms with Crippen molar-refractivity contribution >= 4 is 5.97 Å². The normalized spacial score (nSPS) is 7.50. The van der Waals surface area contributed by atoms with Crippen molar-refractivity contribution in [2.45, 2.75) is 13.3 Å². The van der Waals surface area contributed by atoms with Gasteiger partial charge in [-0.25, -0.2) is 0 Å². The van der Waals surface area contributed by atoms with Gasteiger partial charge in [-0.2, -0.15) is 0 Å². The standard InChI is InChI=1S/C3H6O2.Mo/c1-2-3(4)5;/h2H2,1H3,(H,4,5);/q;+1/p-1. The second-order valence-corrected chi connectivity index (χ2v) is 1.22. The van der Waals surface area contributed by atoms with Gasteiger partial charge in [0.15, 0.2) is 0 Å². The van der Waals surface area contributed by atoms with Gasteiger partial charge in [-0.1, -0.05) is 0 Å². The van der Waals surface area contributed by atoms with Crippen molar-refractivity contribution < 1.29 is 28.4 Å². The van der Waals surface area contributed by atoms with Gasteiger partial charge in [0.05, 0.1) is 0 Å². The van der Waals surface area contributed by atoms with E-state index in [1.54, 1.807) is 6.92 Å². The third-order valence-corrected chi connectivity index (χ3v) is 0.839. The van der Waals surface area contributed by atoms with Crippen molar-refractivity contribution in [1.29, 1.82) is 0 Å². The second kappa shape index (κ2) is 3.35. The van der Waals surface area contributed by atoms with E-state index in [-0.39, 0.29) is 5.97 Å². The second-order valence-electron chi connectivity index (χ2n) is 0.809. The van der Waals surface area contributed by atoms with Gasteiger partial charge in [-0.05, 0) is 0 Å². The molecule has 0 aromatic carbocycles. The van der Waals surface area contributed by atoms with Crippen molar-refractivity contribution in [3.05, 3.63) is 0 Å². The molecule has 0 aliphatic carbocycles. The molecule has 0 aromatic heterocycles. The van der Waals surface area contributed by atoms with E-state index in [0.717, 1.165) is 0 Å². The molecule has 0 saturated heterocycles. The Bertz CT molecular complexity index is 46.8. The molecule has 0 atom stereocenters. The molecule has 0 saturated carbocycles. The zero-order valence-electron chi connectivity index (χ0n) is 3.43. The van der Waals surface area contributed by atoms with Crippen molar-refractivity contribution in [2.24, 2.45) is 0 Å². The predicted molar refractivity (Wildman–Crippen MR) is 16.4 cm³/mol. The summed E-state index contributed by atoms with van der Waals surface area (Å²) in [4.78, 5) is 9.96. The first kappa shape index (κ1) is 6.16. The molecular formula is C3H5MoO2. The van der Waals surface area contributed by atoms with Gasteiger partial charge in [0.1, 0.15) is 0 Å². The van der Waals surface area contributed by atoms with Crippen LogP contribution in [0.1, 0.15) is 13.3 Å². The van der Waals surface area contributed by atoms with E-state index in [2.05, 4.69) is 3.39 Å². The molecule has 0 N–H and O–H groups in total. The summed E-state index contributed by atoms with van der Waals surface area (Å²) in [5, 5.41) is 0. The zero-order valence-corrected chi connectivity index (χ0v) is 5.44. The number of hydrogen-bond acceptors (Lipinski definition) is 2. The molecule has 0 heterocycles. The van der Waals surface area contributed by atoms with Gasteiger partial charge in [-0.15, -0.1) is 0 Å². The molecule has 6 heavy (non-hydrogen) atoms. The Morgan fingerprint density at radius 3 is 2.50 bits per heavy atom. The van der Waals surface area contributed by atoms with Crippen LogP contribution in [-0.4, -0.2) is 5.97 Å². The number of carbonyl (C=O) groups is 1. The molecule has 0 aliphatic heterocycles. The van der Waals surface area contributed by atoms with E-state index >= 15 is 0 Å². The van der Waals surface area contributed by atoms with Crippen LogP contribution in [0.15, 0.2) is 0 Å². The van der Waals surface area contributed by atoms with Crippen LogP contribution in [0.2, 0.25) is 0 Å². The first-order valence-corrected chi connectivity index (χ1v) is 2.45. The molecule has 0 radical (unpaired) electrons. The molecule has 0 amide bonds. The average Bonchev–Trinajstić information content (AvgIpc) is 1.65. The molecule has 0 spiro atoms. The Morgan fingerprint density at radius 2 is 2.50 bits per heavy atom. The Balaban J connectivity index is 2.99. The maximum absolute atomic E-state index is 9.96. The summed E-state index contributed by atoms with van der Waals surface area (Å²) in [6, 6.07) is 0. The molecule has 0 fully saturated rings. The summed E-state index contributed by atoms with van der Waals surface area (Å²) < 4.78 is 4.27. The molecule has 2 nitrogen and oxygen atoms in total. The number of carbonyl (C=O) groups excluding carboxylic acids is 1. The fraction of sp³-hybridized carbons (Fsp3) is 0.667. The van der Waals surface area contributed by atoms with Gasteiger partial charge < -0.3 is 0 Å². The van der Waals surface area contributed by atoms with Crippen LogP contribution in [-0.2, 0) is 28.4 Å². The SMILES string of the molecule is CCC(=O)[O][Mo]. The molecule has 35 valence electrons. The van der Waals surface area contributed by atoms with E-state index in [1.165, 1.54) is 20.2 Å². The summed E-state index contributed by atoms with van der Waals surface area (Å²) in [5.74, 6) is -0.153. The molecular weight excluding hydrogens is 164 g/mol. The summed E-state index contributed by atoms with van der Waals surface area (Å²) in [6.07, 6.45) is 0.471. The topological polar surface area (TPSA) is 26.3 Å². The summed E-state index contributed by atoms with van der Waals surface area (Å²) in [5.41, 5.74) is 0. The number of rotatable bonds is 1. The Labute approximate surface area is 48.2 Å². The van der Waals surface area contributed by atoms with E-state index in [4.69, 9.17) is 0 Å². The Kier molecular flexibility index (Phi) is 3.44. The van der Waals surface area contributed by atoms with Gasteiger partial charge in [0, 0.05) is 0 Å². The van der Waals surface area contributed by atoms with Crippen LogP contribution in [0.25, 0.3) is 0 Å². The molecule has 0 aromatic rings. The summed E-state index contributed by atoms with van der Waals surface area (Å²) >= 11 is 1.32. The molecule has 0 rings (SSSR count). The molecule has 0 bridgehead atoms. The van der Waals surface area contributed by atoms with Gasteiger partial charge in [0.25, 0.3) is 0 Å². The third kappa shape index (κ3) is 2.40. The fourth-order valence-corrected chi connectivity index (χ4v) is 0.349. The van der Waals surface area contributed by atoms with Crippen molar-refractivity contribution in [3.63, 3.8) is 0 Å². The zero-order chi connectivity index (χ0) is 4.99. The van der Waals surface area contributed by atoms with Crippen LogP contribution in [0.4, 0.5) is 0 Å². The fourth-order valence-electron chi connectivity index (χ4n) is 0.0589. The monoisotopic (exact) mass is 171 g/mol. The Hall–Kier alpha value is 0.158. The summed E-state index contributed by atoms with van der Waals surface area (Å²) in [7, 11) is 0. The van der Waals surface area contributed by atoms with Gasteiger partial charge in [-0.3, -0.25) is 0 Å². The Morgan fingerprint density at radius 1 is 2.00 bits per heavy atom. The minimum absolute atomic E-state index is 0.153. The molecule has 0 unspecified atom stereocenters. The van der Waals surface area contributed by atoms with Crippen molar-refractivity contribution in [3.8, 4) is 0 Å². The molecule has 0 aliphatic rings. The van der Waals surface area contributed by atoms with Crippen molar-refractivity contribution in [1.82, 2.24) is 0 Å². The third-order valence-electron chi connectivity index (χ3n) is 0.382. The number of hydrogen-bond donors (Lipinski definition) is 0. The van der Waals surface area contributed by atoms with Crippen LogP contribution in [0, 0.1) is 0 Å². The maximum atomic E-state index is 9.96. The first-order valence-electron chi connectivity index (χ1n) is 1.64. The summed E-state index contributed by atoms with van der Waals surface area (Å²) in [6.45, 7) is 1.76. The van der Waals surface area contributed by atoms with Crippen molar-refractivity contribution in [2.75, 3.05) is 0 Å². The van der Waals surface area contributed by atoms with Crippen LogP contribution < -0.4 is 0 Å². The minimum atomic E-state index is -0.153. The van der Waals surface area contributed by atoms with E-state index < -0.39 is 0 Å². The van der Waals surface area contributed by atoms with E-state index in [0.29, 0.717) is 6.42 Å². The first-order chi connectivity index (χ1) is 2.81.